The number of aliphatic imine (C=N–C) groups is 1. The van der Waals surface area contributed by atoms with Gasteiger partial charge >= 0.3 is 0 Å². The van der Waals surface area contributed by atoms with E-state index in [1.807, 2.05) is 0 Å². The molecular weight excluding hydrogens is 250 g/mol. The normalized spacial score (nSPS) is 26.7. The Morgan fingerprint density at radius 1 is 1.58 bits per heavy atom. The summed E-state index contributed by atoms with van der Waals surface area (Å²) in [7, 11) is 1.71. The molecule has 2 aliphatic rings. The van der Waals surface area contributed by atoms with Crippen LogP contribution in [0.4, 0.5) is 0 Å². The standard InChI is InChI=1S/C11H15N5O3/c1-6-14-11(15-19-6)16-4-3-7-9(18-5-13-7)8(12-2)10(16)17/h5-6,8,12H,3-4H2,1-2H3,(H,14,15). The molecule has 0 bridgehead atoms. The van der Waals surface area contributed by atoms with Crippen LogP contribution in [0.25, 0.3) is 0 Å². The number of nitrogens with zero attached hydrogens (tertiary/aromatic N) is 3. The Labute approximate surface area is 109 Å². The van der Waals surface area contributed by atoms with Gasteiger partial charge in [0.25, 0.3) is 5.91 Å². The van der Waals surface area contributed by atoms with Gasteiger partial charge in [-0.25, -0.2) is 20.3 Å². The first kappa shape index (κ1) is 12.1. The maximum Gasteiger partial charge on any atom is 0.254 e. The molecule has 0 fully saturated rings. The molecule has 3 heterocycles. The van der Waals surface area contributed by atoms with E-state index >= 15 is 0 Å². The number of fused-ring (bicyclic) bond motifs is 1. The number of nitrogens with one attached hydrogen (secondary N) is 2. The van der Waals surface area contributed by atoms with Crippen molar-refractivity contribution < 1.29 is 14.0 Å². The third-order valence-corrected chi connectivity index (χ3v) is 3.19. The second-order valence-electron chi connectivity index (χ2n) is 4.40. The van der Waals surface area contributed by atoms with Gasteiger partial charge in [-0.05, 0) is 14.0 Å². The highest BCUT2D eigenvalue weighted by Crippen LogP contribution is 2.24. The summed E-state index contributed by atoms with van der Waals surface area (Å²) in [4.78, 5) is 27.6. The number of rotatable bonds is 1. The molecule has 1 aromatic rings. The SMILES string of the molecule is CNC1C(=O)N(C2=NC(C)ON2)CCc2ncoc21. The number of hydrogen-bond donors (Lipinski definition) is 2. The number of carbonyl (C=O) groups excluding carboxylic acids is 1. The second kappa shape index (κ2) is 4.63. The zero-order valence-electron chi connectivity index (χ0n) is 10.7. The molecule has 3 rings (SSSR count). The molecule has 8 nitrogen and oxygen atoms in total. The van der Waals surface area contributed by atoms with Gasteiger partial charge in [0, 0.05) is 13.0 Å². The predicted molar refractivity (Wildman–Crippen MR) is 64.8 cm³/mol. The average Bonchev–Trinajstić information content (AvgIpc) is 2.98. The van der Waals surface area contributed by atoms with Gasteiger partial charge in [-0.15, -0.1) is 0 Å². The Balaban J connectivity index is 1.92. The van der Waals surface area contributed by atoms with Crippen LogP contribution in [0.2, 0.25) is 0 Å². The molecule has 2 N–H and O–H groups in total. The van der Waals surface area contributed by atoms with E-state index in [-0.39, 0.29) is 12.1 Å². The van der Waals surface area contributed by atoms with E-state index in [0.717, 1.165) is 5.69 Å². The molecule has 0 spiro atoms. The summed E-state index contributed by atoms with van der Waals surface area (Å²) in [6.07, 6.45) is 1.69. The van der Waals surface area contributed by atoms with Gasteiger partial charge < -0.3 is 9.73 Å². The maximum atomic E-state index is 12.5. The van der Waals surface area contributed by atoms with E-state index in [4.69, 9.17) is 9.25 Å². The Hall–Kier alpha value is -1.93. The predicted octanol–water partition coefficient (Wildman–Crippen LogP) is -0.443. The molecule has 0 aliphatic carbocycles. The van der Waals surface area contributed by atoms with Gasteiger partial charge in [0.1, 0.15) is 6.04 Å². The lowest BCUT2D eigenvalue weighted by atomic mass is 10.1. The number of hydrogen-bond acceptors (Lipinski definition) is 7. The van der Waals surface area contributed by atoms with Gasteiger partial charge in [-0.2, -0.15) is 0 Å². The number of amides is 1. The molecule has 0 aromatic carbocycles. The summed E-state index contributed by atoms with van der Waals surface area (Å²) < 4.78 is 5.33. The van der Waals surface area contributed by atoms with Gasteiger partial charge in [-0.1, -0.05) is 0 Å². The molecule has 0 radical (unpaired) electrons. The summed E-state index contributed by atoms with van der Waals surface area (Å²) in [5.41, 5.74) is 3.47. The van der Waals surface area contributed by atoms with Crippen LogP contribution in [-0.4, -0.2) is 41.6 Å². The highest BCUT2D eigenvalue weighted by molar-refractivity contribution is 6.00. The van der Waals surface area contributed by atoms with Crippen molar-refractivity contribution in [2.24, 2.45) is 4.99 Å². The third-order valence-electron chi connectivity index (χ3n) is 3.19. The Bertz CT molecular complexity index is 526. The van der Waals surface area contributed by atoms with Crippen molar-refractivity contribution in [1.29, 1.82) is 0 Å². The molecule has 2 unspecified atom stereocenters. The van der Waals surface area contributed by atoms with Crippen molar-refractivity contribution in [3.8, 4) is 0 Å². The summed E-state index contributed by atoms with van der Waals surface area (Å²) in [5.74, 6) is 0.868. The molecule has 102 valence electrons. The lowest BCUT2D eigenvalue weighted by molar-refractivity contribution is -0.130. The number of aromatic nitrogens is 1. The zero-order valence-corrected chi connectivity index (χ0v) is 10.7. The summed E-state index contributed by atoms with van der Waals surface area (Å²) in [5, 5.41) is 2.95. The van der Waals surface area contributed by atoms with Crippen LogP contribution >= 0.6 is 0 Å². The van der Waals surface area contributed by atoms with Crippen molar-refractivity contribution in [3.63, 3.8) is 0 Å². The first-order valence-corrected chi connectivity index (χ1v) is 6.11. The van der Waals surface area contributed by atoms with E-state index in [0.29, 0.717) is 24.7 Å². The fourth-order valence-electron chi connectivity index (χ4n) is 2.25. The maximum absolute atomic E-state index is 12.5. The first-order valence-electron chi connectivity index (χ1n) is 6.11. The molecule has 0 saturated heterocycles. The molecular formula is C11H15N5O3. The minimum absolute atomic E-state index is 0.137. The van der Waals surface area contributed by atoms with Gasteiger partial charge in [0.2, 0.25) is 5.96 Å². The molecule has 2 aliphatic heterocycles. The van der Waals surface area contributed by atoms with Crippen molar-refractivity contribution in [2.45, 2.75) is 25.6 Å². The van der Waals surface area contributed by atoms with Crippen molar-refractivity contribution in [3.05, 3.63) is 17.8 Å². The summed E-state index contributed by atoms with van der Waals surface area (Å²) >= 11 is 0. The molecule has 2 atom stereocenters. The Morgan fingerprint density at radius 2 is 2.42 bits per heavy atom. The van der Waals surface area contributed by atoms with Crippen LogP contribution < -0.4 is 10.8 Å². The molecule has 1 amide bonds. The highest BCUT2D eigenvalue weighted by atomic mass is 16.7. The van der Waals surface area contributed by atoms with Crippen LogP contribution in [0.1, 0.15) is 24.4 Å². The topological polar surface area (TPSA) is 92.0 Å². The summed E-state index contributed by atoms with van der Waals surface area (Å²) in [6.45, 7) is 2.28. The van der Waals surface area contributed by atoms with Crippen LogP contribution in [0.15, 0.2) is 15.8 Å². The Morgan fingerprint density at radius 3 is 3.11 bits per heavy atom. The fraction of sp³-hybridized carbons (Fsp3) is 0.545. The third kappa shape index (κ3) is 1.98. The molecule has 8 heteroatoms. The number of hydroxylamine groups is 1. The first-order chi connectivity index (χ1) is 9.20. The average molecular weight is 265 g/mol. The van der Waals surface area contributed by atoms with Crippen molar-refractivity contribution in [2.75, 3.05) is 13.6 Å². The van der Waals surface area contributed by atoms with E-state index < -0.39 is 6.04 Å². The quantitative estimate of drug-likeness (QED) is 0.715. The minimum Gasteiger partial charge on any atom is -0.446 e. The van der Waals surface area contributed by atoms with Gasteiger partial charge in [-0.3, -0.25) is 9.69 Å². The lowest BCUT2D eigenvalue weighted by Crippen LogP contribution is -2.46. The van der Waals surface area contributed by atoms with E-state index in [1.165, 1.54) is 6.39 Å². The number of guanidine groups is 1. The van der Waals surface area contributed by atoms with Crippen molar-refractivity contribution in [1.82, 2.24) is 20.7 Å². The van der Waals surface area contributed by atoms with Gasteiger partial charge in [0.15, 0.2) is 18.4 Å². The van der Waals surface area contributed by atoms with E-state index in [9.17, 15) is 4.79 Å². The monoisotopic (exact) mass is 265 g/mol. The summed E-state index contributed by atoms with van der Waals surface area (Å²) in [6, 6.07) is -0.555. The number of oxazole rings is 1. The van der Waals surface area contributed by atoms with Crippen LogP contribution in [0, 0.1) is 0 Å². The van der Waals surface area contributed by atoms with Crippen LogP contribution in [-0.2, 0) is 16.1 Å². The number of carbonyl (C=O) groups is 1. The fourth-order valence-corrected chi connectivity index (χ4v) is 2.25. The van der Waals surface area contributed by atoms with E-state index in [1.54, 1.807) is 18.9 Å². The highest BCUT2D eigenvalue weighted by Gasteiger charge is 2.36. The lowest BCUT2D eigenvalue weighted by Gasteiger charge is -2.22. The van der Waals surface area contributed by atoms with E-state index in [2.05, 4.69) is 20.8 Å². The number of likely N-dealkylation sites (N-methyl/N-ethyl adjacent to an activating group) is 1. The van der Waals surface area contributed by atoms with Crippen LogP contribution in [0.5, 0.6) is 0 Å². The van der Waals surface area contributed by atoms with Crippen LogP contribution in [0.3, 0.4) is 0 Å². The minimum atomic E-state index is -0.555. The molecule has 19 heavy (non-hydrogen) atoms. The Kier molecular flexibility index (Phi) is 2.96. The second-order valence-corrected chi connectivity index (χ2v) is 4.40. The zero-order chi connectivity index (χ0) is 13.4. The largest absolute Gasteiger partial charge is 0.446 e. The van der Waals surface area contributed by atoms with Gasteiger partial charge in [0.05, 0.1) is 5.69 Å². The molecule has 1 aromatic heterocycles. The van der Waals surface area contributed by atoms with Crippen molar-refractivity contribution >= 4 is 11.9 Å². The smallest absolute Gasteiger partial charge is 0.254 e. The molecule has 0 saturated carbocycles.